The molecule has 120 valence electrons. The second-order valence-electron chi connectivity index (χ2n) is 3.86. The molecule has 0 N–H and O–H groups in total. The highest BCUT2D eigenvalue weighted by atomic mass is 35.5. The highest BCUT2D eigenvalue weighted by Gasteiger charge is 2.25. The van der Waals surface area contributed by atoms with Crippen LogP contribution in [0.15, 0.2) is 17.0 Å². The summed E-state index contributed by atoms with van der Waals surface area (Å²) in [5.41, 5.74) is 0. The summed E-state index contributed by atoms with van der Waals surface area (Å²) in [5, 5.41) is 0.0492. The lowest BCUT2D eigenvalue weighted by Crippen LogP contribution is -2.04. The minimum Gasteiger partial charge on any atom is -0.421 e. The Hall–Kier alpha value is 0.120. The van der Waals surface area contributed by atoms with Gasteiger partial charge in [0.05, 0.1) is 28.2 Å². The first-order valence-corrected chi connectivity index (χ1v) is 11.1. The van der Waals surface area contributed by atoms with Gasteiger partial charge in [-0.25, -0.2) is 8.42 Å². The molecule has 0 spiro atoms. The summed E-state index contributed by atoms with van der Waals surface area (Å²) in [6.45, 7) is 1.06. The molecule has 0 bridgehead atoms. The Kier molecular flexibility index (Phi) is 6.93. The van der Waals surface area contributed by atoms with Gasteiger partial charge in [-0.3, -0.25) is 9.05 Å². The molecule has 0 aromatic heterocycles. The van der Waals surface area contributed by atoms with Gasteiger partial charge in [0, 0.05) is 18.1 Å². The van der Waals surface area contributed by atoms with Gasteiger partial charge in [0.1, 0.15) is 0 Å². The molecule has 0 saturated carbocycles. The summed E-state index contributed by atoms with van der Waals surface area (Å²) in [6.07, 6.45) is 1.06. The van der Waals surface area contributed by atoms with E-state index in [1.165, 1.54) is 12.1 Å². The summed E-state index contributed by atoms with van der Waals surface area (Å²) in [4.78, 5) is -0.00836. The van der Waals surface area contributed by atoms with Crippen LogP contribution in [-0.4, -0.2) is 27.9 Å². The molecule has 21 heavy (non-hydrogen) atoms. The maximum Gasteiger partial charge on any atom is 0.380 e. The average molecular weight is 393 g/mol. The first-order valence-electron chi connectivity index (χ1n) is 5.90. The zero-order valence-electron chi connectivity index (χ0n) is 11.6. The minimum atomic E-state index is -3.43. The topological polar surface area (TPSA) is 61.8 Å². The Labute approximate surface area is 139 Å². The van der Waals surface area contributed by atoms with Crippen LogP contribution in [0.25, 0.3) is 0 Å². The van der Waals surface area contributed by atoms with E-state index in [2.05, 4.69) is 0 Å². The predicted molar refractivity (Wildman–Crippen MR) is 87.7 cm³/mol. The third-order valence-electron chi connectivity index (χ3n) is 2.18. The number of hydrogen-bond donors (Lipinski definition) is 0. The van der Waals surface area contributed by atoms with Crippen LogP contribution < -0.4 is 4.52 Å². The van der Waals surface area contributed by atoms with Gasteiger partial charge < -0.3 is 4.52 Å². The van der Waals surface area contributed by atoms with Crippen molar-refractivity contribution in [2.24, 2.45) is 0 Å². The molecule has 1 rings (SSSR count). The Morgan fingerprint density at radius 3 is 1.90 bits per heavy atom. The Morgan fingerprint density at radius 2 is 1.57 bits per heavy atom. The second kappa shape index (κ2) is 7.59. The van der Waals surface area contributed by atoms with Crippen molar-refractivity contribution in [3.05, 3.63) is 22.2 Å². The molecular weight excluding hydrogens is 378 g/mol. The molecule has 0 fully saturated rings. The molecule has 1 aromatic rings. The van der Waals surface area contributed by atoms with E-state index in [1.54, 1.807) is 13.8 Å². The Balaban J connectivity index is 3.23. The average Bonchev–Trinajstić information content (AvgIpc) is 2.33. The molecule has 10 heteroatoms. The molecule has 0 heterocycles. The molecule has 0 atom stereocenters. The van der Waals surface area contributed by atoms with Gasteiger partial charge in [0.25, 0.3) is 0 Å². The van der Waals surface area contributed by atoms with Gasteiger partial charge in [0.15, 0.2) is 15.6 Å². The van der Waals surface area contributed by atoms with Crippen LogP contribution in [0.1, 0.15) is 13.8 Å². The molecule has 0 aliphatic carbocycles. The number of benzene rings is 1. The van der Waals surface area contributed by atoms with Crippen LogP contribution in [0.4, 0.5) is 0 Å². The smallest absolute Gasteiger partial charge is 0.380 e. The van der Waals surface area contributed by atoms with Gasteiger partial charge >= 0.3 is 6.72 Å². The predicted octanol–water partition coefficient (Wildman–Crippen LogP) is 4.07. The fourth-order valence-corrected chi connectivity index (χ4v) is 4.91. The largest absolute Gasteiger partial charge is 0.421 e. The van der Waals surface area contributed by atoms with Crippen LogP contribution in [0.2, 0.25) is 10.0 Å². The summed E-state index contributed by atoms with van der Waals surface area (Å²) < 4.78 is 39.2. The standard InChI is InChI=1S/C11H15Cl2O5PS2/c1-4-16-19(20,17-5-2)18-11-9(12)6-8(7-10(11)13)21(3,14)15/h6-7H,4-5H2,1-3H3. The quantitative estimate of drug-likeness (QED) is 0.651. The van der Waals surface area contributed by atoms with Crippen molar-refractivity contribution in [2.45, 2.75) is 18.7 Å². The van der Waals surface area contributed by atoms with Gasteiger partial charge in [-0.1, -0.05) is 23.2 Å². The maximum atomic E-state index is 11.5. The van der Waals surface area contributed by atoms with Crippen LogP contribution in [-0.2, 0) is 30.7 Å². The summed E-state index contributed by atoms with van der Waals surface area (Å²) in [7, 11) is -3.43. The second-order valence-corrected chi connectivity index (χ2v) is 9.63. The maximum absolute atomic E-state index is 11.5. The lowest BCUT2D eigenvalue weighted by molar-refractivity contribution is 0.218. The summed E-state index contributed by atoms with van der Waals surface area (Å²) in [5.74, 6) is 0.0518. The first kappa shape index (κ1) is 19.2. The van der Waals surface area contributed by atoms with Crippen molar-refractivity contribution >= 4 is 51.6 Å². The van der Waals surface area contributed by atoms with E-state index >= 15 is 0 Å². The van der Waals surface area contributed by atoms with Crippen LogP contribution >= 0.6 is 29.9 Å². The van der Waals surface area contributed by atoms with E-state index in [0.717, 1.165) is 6.26 Å². The van der Waals surface area contributed by atoms with Crippen molar-refractivity contribution in [3.8, 4) is 5.75 Å². The van der Waals surface area contributed by atoms with Gasteiger partial charge in [-0.2, -0.15) is 0 Å². The van der Waals surface area contributed by atoms with Gasteiger partial charge in [-0.15, -0.1) is 0 Å². The number of halogens is 2. The molecule has 0 unspecified atom stereocenters. The Bertz CT molecular complexity index is 630. The van der Waals surface area contributed by atoms with Crippen molar-refractivity contribution in [1.82, 2.24) is 0 Å². The van der Waals surface area contributed by atoms with Gasteiger partial charge in [0.2, 0.25) is 0 Å². The van der Waals surface area contributed by atoms with Crippen molar-refractivity contribution in [3.63, 3.8) is 0 Å². The molecule has 1 aromatic carbocycles. The first-order chi connectivity index (χ1) is 9.63. The van der Waals surface area contributed by atoms with Crippen LogP contribution in [0.3, 0.4) is 0 Å². The number of sulfone groups is 1. The SMILES string of the molecule is CCOP(=S)(OCC)Oc1c(Cl)cc(S(C)(=O)=O)cc1Cl. The van der Waals surface area contributed by atoms with E-state index in [0.29, 0.717) is 13.2 Å². The zero-order chi connectivity index (χ0) is 16.3. The van der Waals surface area contributed by atoms with Crippen LogP contribution in [0, 0.1) is 0 Å². The highest BCUT2D eigenvalue weighted by molar-refractivity contribution is 8.07. The van der Waals surface area contributed by atoms with E-state index in [-0.39, 0.29) is 20.7 Å². The molecule has 0 amide bonds. The van der Waals surface area contributed by atoms with E-state index < -0.39 is 16.6 Å². The molecule has 0 aliphatic rings. The van der Waals surface area contributed by atoms with Gasteiger partial charge in [-0.05, 0) is 26.0 Å². The third-order valence-corrected chi connectivity index (χ3v) is 6.24. The lowest BCUT2D eigenvalue weighted by atomic mass is 10.3. The zero-order valence-corrected chi connectivity index (χ0v) is 15.7. The molecule has 5 nitrogen and oxygen atoms in total. The summed E-state index contributed by atoms with van der Waals surface area (Å²) >= 11 is 17.3. The van der Waals surface area contributed by atoms with Crippen molar-refractivity contribution in [1.29, 1.82) is 0 Å². The molecule has 0 radical (unpaired) electrons. The van der Waals surface area contributed by atoms with E-state index in [4.69, 9.17) is 48.6 Å². The van der Waals surface area contributed by atoms with E-state index in [9.17, 15) is 8.42 Å². The Morgan fingerprint density at radius 1 is 1.14 bits per heavy atom. The normalized spacial score (nSPS) is 12.4. The van der Waals surface area contributed by atoms with Crippen LogP contribution in [0.5, 0.6) is 5.75 Å². The fourth-order valence-electron chi connectivity index (χ4n) is 1.36. The molecule has 0 aliphatic heterocycles. The van der Waals surface area contributed by atoms with E-state index in [1.807, 2.05) is 0 Å². The fraction of sp³-hybridized carbons (Fsp3) is 0.455. The highest BCUT2D eigenvalue weighted by Crippen LogP contribution is 2.53. The number of rotatable bonds is 7. The van der Waals surface area contributed by atoms with Crippen molar-refractivity contribution in [2.75, 3.05) is 19.5 Å². The number of hydrogen-bond acceptors (Lipinski definition) is 6. The molecule has 0 saturated heterocycles. The molecular formula is C11H15Cl2O5PS2. The lowest BCUT2D eigenvalue weighted by Gasteiger charge is -2.22. The monoisotopic (exact) mass is 392 g/mol. The third kappa shape index (κ3) is 5.36. The minimum absolute atomic E-state index is 0.00836. The summed E-state index contributed by atoms with van der Waals surface area (Å²) in [6, 6.07) is 2.49. The van der Waals surface area contributed by atoms with Crippen molar-refractivity contribution < 1.29 is 22.0 Å².